The number of nitrogens with zero attached hydrogens (tertiary/aromatic N) is 1. The van der Waals surface area contributed by atoms with Crippen LogP contribution in [0.3, 0.4) is 0 Å². The Morgan fingerprint density at radius 2 is 2.00 bits per heavy atom. The molecule has 3 nitrogen and oxygen atoms in total. The van der Waals surface area contributed by atoms with Crippen LogP contribution in [0.25, 0.3) is 0 Å². The van der Waals surface area contributed by atoms with Crippen LogP contribution in [0.4, 0.5) is 0 Å². The summed E-state index contributed by atoms with van der Waals surface area (Å²) in [6, 6.07) is 8.08. The predicted octanol–water partition coefficient (Wildman–Crippen LogP) is 3.87. The molecule has 0 amide bonds. The lowest BCUT2D eigenvalue weighted by atomic mass is 9.84. The Morgan fingerprint density at radius 3 is 2.86 bits per heavy atom. The van der Waals surface area contributed by atoms with E-state index in [0.29, 0.717) is 24.1 Å². The molecular formula is C17H22BrNO2. The van der Waals surface area contributed by atoms with Crippen LogP contribution in [-0.4, -0.2) is 36.6 Å². The van der Waals surface area contributed by atoms with E-state index < -0.39 is 0 Å². The topological polar surface area (TPSA) is 29.5 Å². The Kier molecular flexibility index (Phi) is 4.96. The quantitative estimate of drug-likeness (QED) is 0.774. The molecule has 0 N–H and O–H groups in total. The highest BCUT2D eigenvalue weighted by molar-refractivity contribution is 9.10. The molecule has 4 heteroatoms. The number of rotatable bonds is 3. The number of piperidine rings is 2. The molecule has 0 unspecified atom stereocenters. The van der Waals surface area contributed by atoms with Crippen LogP contribution in [0, 0.1) is 5.92 Å². The van der Waals surface area contributed by atoms with Gasteiger partial charge in [-0.3, -0.25) is 4.90 Å². The van der Waals surface area contributed by atoms with Gasteiger partial charge in [-0.2, -0.15) is 0 Å². The van der Waals surface area contributed by atoms with Crippen molar-refractivity contribution in [2.24, 2.45) is 5.92 Å². The molecule has 21 heavy (non-hydrogen) atoms. The highest BCUT2D eigenvalue weighted by atomic mass is 79.9. The van der Waals surface area contributed by atoms with Crippen molar-refractivity contribution in [3.05, 3.63) is 34.3 Å². The fraction of sp³-hybridized carbons (Fsp3) is 0.588. The van der Waals surface area contributed by atoms with Gasteiger partial charge in [-0.25, -0.2) is 4.79 Å². The summed E-state index contributed by atoms with van der Waals surface area (Å²) < 4.78 is 6.41. The van der Waals surface area contributed by atoms with Crippen molar-refractivity contribution in [1.29, 1.82) is 0 Å². The maximum atomic E-state index is 12.2. The maximum absolute atomic E-state index is 12.2. The van der Waals surface area contributed by atoms with E-state index in [4.69, 9.17) is 4.74 Å². The SMILES string of the molecule is O=C(OC[C@H]1CCCN2CCCC[C@@H]12)c1ccccc1Br. The van der Waals surface area contributed by atoms with Gasteiger partial charge in [0.15, 0.2) is 0 Å². The van der Waals surface area contributed by atoms with Gasteiger partial charge in [0, 0.05) is 16.4 Å². The van der Waals surface area contributed by atoms with Crippen LogP contribution in [0.15, 0.2) is 28.7 Å². The smallest absolute Gasteiger partial charge is 0.339 e. The number of ether oxygens (including phenoxy) is 1. The lowest BCUT2D eigenvalue weighted by Gasteiger charge is -2.44. The van der Waals surface area contributed by atoms with Crippen molar-refractivity contribution in [3.8, 4) is 0 Å². The molecule has 2 aliphatic rings. The summed E-state index contributed by atoms with van der Waals surface area (Å²) in [6.07, 6.45) is 6.31. The first kappa shape index (κ1) is 15.0. The van der Waals surface area contributed by atoms with Gasteiger partial charge >= 0.3 is 5.97 Å². The van der Waals surface area contributed by atoms with Crippen molar-refractivity contribution < 1.29 is 9.53 Å². The molecule has 114 valence electrons. The standard InChI is InChI=1S/C17H22BrNO2/c18-15-8-2-1-7-14(15)17(20)21-12-13-6-5-11-19-10-4-3-9-16(13)19/h1-2,7-8,13,16H,3-6,9-12H2/t13-,16+/m1/s1. The van der Waals surface area contributed by atoms with E-state index >= 15 is 0 Å². The first-order chi connectivity index (χ1) is 10.3. The van der Waals surface area contributed by atoms with Crippen LogP contribution in [0.1, 0.15) is 42.5 Å². The second kappa shape index (κ2) is 6.93. The highest BCUT2D eigenvalue weighted by Gasteiger charge is 2.33. The zero-order valence-corrected chi connectivity index (χ0v) is 13.8. The summed E-state index contributed by atoms with van der Waals surface area (Å²) in [5.41, 5.74) is 0.619. The van der Waals surface area contributed by atoms with Crippen molar-refractivity contribution >= 4 is 21.9 Å². The number of benzene rings is 1. The number of fused-ring (bicyclic) bond motifs is 1. The van der Waals surface area contributed by atoms with Crippen LogP contribution >= 0.6 is 15.9 Å². The van der Waals surface area contributed by atoms with E-state index in [2.05, 4.69) is 20.8 Å². The summed E-state index contributed by atoms with van der Waals surface area (Å²) in [5.74, 6) is 0.292. The lowest BCUT2D eigenvalue weighted by Crippen LogP contribution is -2.49. The molecule has 1 aromatic rings. The first-order valence-electron chi connectivity index (χ1n) is 7.91. The molecule has 2 heterocycles. The average molecular weight is 352 g/mol. The zero-order chi connectivity index (χ0) is 14.7. The summed E-state index contributed by atoms with van der Waals surface area (Å²) >= 11 is 3.41. The van der Waals surface area contributed by atoms with Gasteiger partial charge in [-0.1, -0.05) is 18.6 Å². The van der Waals surface area contributed by atoms with Crippen LogP contribution in [-0.2, 0) is 4.74 Å². The van der Waals surface area contributed by atoms with Crippen molar-refractivity contribution in [2.45, 2.75) is 38.1 Å². The van der Waals surface area contributed by atoms with Gasteiger partial charge in [0.2, 0.25) is 0 Å². The Labute approximate surface area is 134 Å². The maximum Gasteiger partial charge on any atom is 0.339 e. The predicted molar refractivity (Wildman–Crippen MR) is 86.4 cm³/mol. The van der Waals surface area contributed by atoms with Crippen LogP contribution in [0.5, 0.6) is 0 Å². The molecular weight excluding hydrogens is 330 g/mol. The summed E-state index contributed by atoms with van der Waals surface area (Å²) in [7, 11) is 0. The fourth-order valence-corrected chi connectivity index (χ4v) is 4.11. The highest BCUT2D eigenvalue weighted by Crippen LogP contribution is 2.31. The largest absolute Gasteiger partial charge is 0.462 e. The molecule has 0 radical (unpaired) electrons. The molecule has 0 aliphatic carbocycles. The van der Waals surface area contributed by atoms with Crippen molar-refractivity contribution in [2.75, 3.05) is 19.7 Å². The summed E-state index contributed by atoms with van der Waals surface area (Å²) in [5, 5.41) is 0. The molecule has 1 aromatic carbocycles. The minimum atomic E-state index is -0.213. The molecule has 0 bridgehead atoms. The monoisotopic (exact) mass is 351 g/mol. The summed E-state index contributed by atoms with van der Waals surface area (Å²) in [6.45, 7) is 3.00. The second-order valence-electron chi connectivity index (χ2n) is 6.08. The van der Waals surface area contributed by atoms with E-state index in [-0.39, 0.29) is 5.97 Å². The van der Waals surface area contributed by atoms with Crippen molar-refractivity contribution in [1.82, 2.24) is 4.90 Å². The molecule has 2 fully saturated rings. The third-order valence-electron chi connectivity index (χ3n) is 4.75. The third kappa shape index (κ3) is 3.49. The first-order valence-corrected chi connectivity index (χ1v) is 8.70. The zero-order valence-electron chi connectivity index (χ0n) is 12.3. The van der Waals surface area contributed by atoms with Gasteiger partial charge in [-0.05, 0) is 66.8 Å². The number of hydrogen-bond donors (Lipinski definition) is 0. The van der Waals surface area contributed by atoms with E-state index in [0.717, 1.165) is 4.47 Å². The van der Waals surface area contributed by atoms with Gasteiger partial charge < -0.3 is 4.74 Å². The van der Waals surface area contributed by atoms with E-state index in [9.17, 15) is 4.79 Å². The third-order valence-corrected chi connectivity index (χ3v) is 5.44. The minimum absolute atomic E-state index is 0.213. The fourth-order valence-electron chi connectivity index (χ4n) is 3.66. The van der Waals surface area contributed by atoms with Crippen LogP contribution in [0.2, 0.25) is 0 Å². The van der Waals surface area contributed by atoms with Gasteiger partial charge in [-0.15, -0.1) is 0 Å². The van der Waals surface area contributed by atoms with Gasteiger partial charge in [0.1, 0.15) is 0 Å². The average Bonchev–Trinajstić information content (AvgIpc) is 2.53. The number of hydrogen-bond acceptors (Lipinski definition) is 3. The Hall–Kier alpha value is -0.870. The molecule has 3 rings (SSSR count). The Bertz CT molecular complexity index is 503. The number of carbonyl (C=O) groups excluding carboxylic acids is 1. The normalized spacial score (nSPS) is 26.1. The lowest BCUT2D eigenvalue weighted by molar-refractivity contribution is 0.00733. The van der Waals surface area contributed by atoms with Gasteiger partial charge in [0.05, 0.1) is 12.2 Å². The molecule has 0 saturated carbocycles. The summed E-state index contributed by atoms with van der Waals surface area (Å²) in [4.78, 5) is 14.8. The van der Waals surface area contributed by atoms with Crippen molar-refractivity contribution in [3.63, 3.8) is 0 Å². The molecule has 2 atom stereocenters. The van der Waals surface area contributed by atoms with E-state index in [1.807, 2.05) is 18.2 Å². The number of esters is 1. The van der Waals surface area contributed by atoms with E-state index in [1.54, 1.807) is 6.07 Å². The number of halogens is 1. The Balaban J connectivity index is 1.59. The number of carbonyl (C=O) groups is 1. The Morgan fingerprint density at radius 1 is 1.19 bits per heavy atom. The van der Waals surface area contributed by atoms with Crippen LogP contribution < -0.4 is 0 Å². The molecule has 2 saturated heterocycles. The second-order valence-corrected chi connectivity index (χ2v) is 6.93. The minimum Gasteiger partial charge on any atom is -0.462 e. The van der Waals surface area contributed by atoms with Gasteiger partial charge in [0.25, 0.3) is 0 Å². The molecule has 2 aliphatic heterocycles. The molecule has 0 aromatic heterocycles. The molecule has 0 spiro atoms. The van der Waals surface area contributed by atoms with E-state index in [1.165, 1.54) is 45.2 Å².